The zero-order valence-electron chi connectivity index (χ0n) is 18.9. The topological polar surface area (TPSA) is 63.3 Å². The molecule has 1 heterocycles. The predicted octanol–water partition coefficient (Wildman–Crippen LogP) is 3.88. The molecule has 3 rings (SSSR count). The molecule has 168 valence electrons. The Bertz CT molecular complexity index is 856. The van der Waals surface area contributed by atoms with E-state index < -0.39 is 0 Å². The first-order valence-corrected chi connectivity index (χ1v) is 10.6. The molecule has 2 aromatic carbocycles. The maximum atomic E-state index is 12.7. The van der Waals surface area contributed by atoms with Crippen molar-refractivity contribution in [3.63, 3.8) is 0 Å². The monoisotopic (exact) mass is 427 g/mol. The van der Waals surface area contributed by atoms with Gasteiger partial charge in [-0.3, -0.25) is 0 Å². The Morgan fingerprint density at radius 1 is 1.06 bits per heavy atom. The van der Waals surface area contributed by atoms with Gasteiger partial charge in [-0.15, -0.1) is 0 Å². The van der Waals surface area contributed by atoms with Gasteiger partial charge in [0.1, 0.15) is 5.75 Å². The van der Waals surface area contributed by atoms with E-state index >= 15 is 0 Å². The number of nitrogens with one attached hydrogen (secondary N) is 1. The number of urea groups is 1. The second-order valence-corrected chi connectivity index (χ2v) is 7.82. The van der Waals surface area contributed by atoms with E-state index in [4.69, 9.17) is 14.2 Å². The molecule has 0 aromatic heterocycles. The van der Waals surface area contributed by atoms with Crippen LogP contribution in [0.15, 0.2) is 42.5 Å². The molecule has 0 saturated carbocycles. The minimum atomic E-state index is -0.0526. The standard InChI is InChI=1S/C24H33N3O4/c1-26(15-13-18-7-12-22(30-3)23(16-18)31-4)20-6-5-14-27(17-20)24(28)25-19-8-10-21(29-2)11-9-19/h7-12,16,20H,5-6,13-15,17H2,1-4H3,(H,25,28). The van der Waals surface area contributed by atoms with E-state index in [1.807, 2.05) is 41.3 Å². The summed E-state index contributed by atoms with van der Waals surface area (Å²) in [7, 11) is 7.06. The molecular formula is C24H33N3O4. The Hall–Kier alpha value is -2.93. The Morgan fingerprint density at radius 3 is 2.48 bits per heavy atom. The highest BCUT2D eigenvalue weighted by Gasteiger charge is 2.26. The Labute approximate surface area is 184 Å². The number of benzene rings is 2. The lowest BCUT2D eigenvalue weighted by atomic mass is 10.0. The van der Waals surface area contributed by atoms with Crippen LogP contribution in [-0.4, -0.2) is 69.9 Å². The largest absolute Gasteiger partial charge is 0.497 e. The minimum absolute atomic E-state index is 0.0526. The Balaban J connectivity index is 1.52. The summed E-state index contributed by atoms with van der Waals surface area (Å²) in [6.07, 6.45) is 3.00. The van der Waals surface area contributed by atoms with Crippen molar-refractivity contribution in [3.8, 4) is 17.2 Å². The van der Waals surface area contributed by atoms with Crippen molar-refractivity contribution in [2.75, 3.05) is 53.3 Å². The van der Waals surface area contributed by atoms with Gasteiger partial charge in [-0.2, -0.15) is 0 Å². The summed E-state index contributed by atoms with van der Waals surface area (Å²) in [5, 5.41) is 2.99. The molecule has 1 fully saturated rings. The molecule has 7 nitrogen and oxygen atoms in total. The van der Waals surface area contributed by atoms with Gasteiger partial charge in [0, 0.05) is 31.4 Å². The number of carbonyl (C=O) groups excluding carboxylic acids is 1. The lowest BCUT2D eigenvalue weighted by molar-refractivity contribution is 0.133. The molecule has 1 atom stereocenters. The second kappa shape index (κ2) is 10.9. The third-order valence-electron chi connectivity index (χ3n) is 5.85. The molecule has 1 aliphatic rings. The summed E-state index contributed by atoms with van der Waals surface area (Å²) in [4.78, 5) is 17.0. The molecule has 7 heteroatoms. The van der Waals surface area contributed by atoms with Crippen LogP contribution in [0, 0.1) is 0 Å². The lowest BCUT2D eigenvalue weighted by Gasteiger charge is -2.37. The normalized spacial score (nSPS) is 16.2. The maximum Gasteiger partial charge on any atom is 0.321 e. The fraction of sp³-hybridized carbons (Fsp3) is 0.458. The molecule has 2 aromatic rings. The van der Waals surface area contributed by atoms with Crippen LogP contribution in [0.5, 0.6) is 17.2 Å². The lowest BCUT2D eigenvalue weighted by Crippen LogP contribution is -2.50. The number of hydrogen-bond donors (Lipinski definition) is 1. The number of amides is 2. The van der Waals surface area contributed by atoms with Gasteiger partial charge in [-0.05, 0) is 68.3 Å². The van der Waals surface area contributed by atoms with Crippen molar-refractivity contribution < 1.29 is 19.0 Å². The Kier molecular flexibility index (Phi) is 8.00. The van der Waals surface area contributed by atoms with Crippen molar-refractivity contribution in [1.29, 1.82) is 0 Å². The molecular weight excluding hydrogens is 394 g/mol. The number of likely N-dealkylation sites (tertiary alicyclic amines) is 1. The average Bonchev–Trinajstić information content (AvgIpc) is 2.82. The third-order valence-corrected chi connectivity index (χ3v) is 5.85. The maximum absolute atomic E-state index is 12.7. The van der Waals surface area contributed by atoms with Crippen molar-refractivity contribution in [1.82, 2.24) is 9.80 Å². The first-order valence-electron chi connectivity index (χ1n) is 10.6. The molecule has 0 spiro atoms. The fourth-order valence-corrected chi connectivity index (χ4v) is 3.90. The van der Waals surface area contributed by atoms with Crippen LogP contribution < -0.4 is 19.5 Å². The van der Waals surface area contributed by atoms with E-state index in [0.717, 1.165) is 61.8 Å². The zero-order chi connectivity index (χ0) is 22.2. The van der Waals surface area contributed by atoms with E-state index in [0.29, 0.717) is 6.04 Å². The number of anilines is 1. The van der Waals surface area contributed by atoms with Gasteiger partial charge in [0.25, 0.3) is 0 Å². The van der Waals surface area contributed by atoms with E-state index in [2.05, 4.69) is 23.3 Å². The molecule has 1 unspecified atom stereocenters. The SMILES string of the molecule is COc1ccc(NC(=O)N2CCCC(N(C)CCc3ccc(OC)c(OC)c3)C2)cc1. The summed E-state index contributed by atoms with van der Waals surface area (Å²) in [6.45, 7) is 2.42. The van der Waals surface area contributed by atoms with Gasteiger partial charge >= 0.3 is 6.03 Å². The molecule has 2 amide bonds. The second-order valence-electron chi connectivity index (χ2n) is 7.82. The Morgan fingerprint density at radius 2 is 1.81 bits per heavy atom. The summed E-state index contributed by atoms with van der Waals surface area (Å²) in [5.74, 6) is 2.26. The van der Waals surface area contributed by atoms with Gasteiger partial charge in [-0.1, -0.05) is 6.07 Å². The quantitative estimate of drug-likeness (QED) is 0.693. The van der Waals surface area contributed by atoms with Gasteiger partial charge < -0.3 is 29.3 Å². The van der Waals surface area contributed by atoms with Crippen molar-refractivity contribution >= 4 is 11.7 Å². The van der Waals surface area contributed by atoms with Gasteiger partial charge in [0.05, 0.1) is 21.3 Å². The smallest absolute Gasteiger partial charge is 0.321 e. The van der Waals surface area contributed by atoms with Crippen molar-refractivity contribution in [3.05, 3.63) is 48.0 Å². The fourth-order valence-electron chi connectivity index (χ4n) is 3.90. The summed E-state index contributed by atoms with van der Waals surface area (Å²) in [5.41, 5.74) is 1.98. The minimum Gasteiger partial charge on any atom is -0.497 e. The molecule has 0 radical (unpaired) electrons. The highest BCUT2D eigenvalue weighted by molar-refractivity contribution is 5.89. The molecule has 0 aliphatic carbocycles. The van der Waals surface area contributed by atoms with Crippen LogP contribution in [-0.2, 0) is 6.42 Å². The first-order chi connectivity index (χ1) is 15.0. The summed E-state index contributed by atoms with van der Waals surface area (Å²) in [6, 6.07) is 13.7. The van der Waals surface area contributed by atoms with E-state index in [9.17, 15) is 4.79 Å². The van der Waals surface area contributed by atoms with Gasteiger partial charge in [0.15, 0.2) is 11.5 Å². The number of carbonyl (C=O) groups is 1. The number of methoxy groups -OCH3 is 3. The molecule has 0 bridgehead atoms. The summed E-state index contributed by atoms with van der Waals surface area (Å²) < 4.78 is 15.9. The van der Waals surface area contributed by atoms with Crippen molar-refractivity contribution in [2.24, 2.45) is 0 Å². The molecule has 1 N–H and O–H groups in total. The number of rotatable bonds is 8. The van der Waals surface area contributed by atoms with Gasteiger partial charge in [0.2, 0.25) is 0 Å². The molecule has 1 saturated heterocycles. The first kappa shape index (κ1) is 22.7. The third kappa shape index (κ3) is 6.04. The summed E-state index contributed by atoms with van der Waals surface area (Å²) >= 11 is 0. The zero-order valence-corrected chi connectivity index (χ0v) is 18.9. The average molecular weight is 428 g/mol. The number of nitrogens with zero attached hydrogens (tertiary/aromatic N) is 2. The number of hydrogen-bond acceptors (Lipinski definition) is 5. The highest BCUT2D eigenvalue weighted by Crippen LogP contribution is 2.28. The van der Waals surface area contributed by atoms with E-state index in [-0.39, 0.29) is 6.03 Å². The number of likely N-dealkylation sites (N-methyl/N-ethyl adjacent to an activating group) is 1. The van der Waals surface area contributed by atoms with Crippen LogP contribution in [0.2, 0.25) is 0 Å². The van der Waals surface area contributed by atoms with Crippen LogP contribution in [0.1, 0.15) is 18.4 Å². The number of ether oxygens (including phenoxy) is 3. The van der Waals surface area contributed by atoms with Crippen LogP contribution >= 0.6 is 0 Å². The number of piperidine rings is 1. The predicted molar refractivity (Wildman–Crippen MR) is 122 cm³/mol. The highest BCUT2D eigenvalue weighted by atomic mass is 16.5. The van der Waals surface area contributed by atoms with Crippen molar-refractivity contribution in [2.45, 2.75) is 25.3 Å². The van der Waals surface area contributed by atoms with Crippen LogP contribution in [0.4, 0.5) is 10.5 Å². The van der Waals surface area contributed by atoms with Gasteiger partial charge in [-0.25, -0.2) is 4.79 Å². The van der Waals surface area contributed by atoms with E-state index in [1.165, 1.54) is 5.56 Å². The molecule has 31 heavy (non-hydrogen) atoms. The van der Waals surface area contributed by atoms with Crippen LogP contribution in [0.3, 0.4) is 0 Å². The van der Waals surface area contributed by atoms with Crippen LogP contribution in [0.25, 0.3) is 0 Å². The molecule has 1 aliphatic heterocycles. The van der Waals surface area contributed by atoms with E-state index in [1.54, 1.807) is 21.3 Å².